The van der Waals surface area contributed by atoms with Crippen molar-refractivity contribution in [1.29, 1.82) is 0 Å². The first-order chi connectivity index (χ1) is 9.09. The lowest BCUT2D eigenvalue weighted by molar-refractivity contribution is -0.0587. The number of rotatable bonds is 2. The van der Waals surface area contributed by atoms with Gasteiger partial charge in [-0.15, -0.1) is 0 Å². The molecule has 0 aliphatic heterocycles. The molecule has 1 N–H and O–H groups in total. The van der Waals surface area contributed by atoms with Gasteiger partial charge in [0.1, 0.15) is 0 Å². The molecule has 1 aromatic carbocycles. The number of aliphatic hydroxyl groups is 1. The van der Waals surface area contributed by atoms with Crippen LogP contribution in [0.15, 0.2) is 24.3 Å². The minimum absolute atomic E-state index is 0.366. The predicted molar refractivity (Wildman–Crippen MR) is 79.1 cm³/mol. The Morgan fingerprint density at radius 2 is 1.74 bits per heavy atom. The van der Waals surface area contributed by atoms with Crippen molar-refractivity contribution in [1.82, 2.24) is 0 Å². The second-order valence-corrected chi connectivity index (χ2v) is 6.95. The molecule has 0 saturated heterocycles. The number of hydrogen-bond donors (Lipinski definition) is 1. The van der Waals surface area contributed by atoms with Crippen LogP contribution in [0.5, 0.6) is 0 Å². The van der Waals surface area contributed by atoms with Crippen LogP contribution in [-0.4, -0.2) is 5.11 Å². The Bertz CT molecular complexity index is 432. The minimum atomic E-state index is -0.593. The molecule has 2 aliphatic rings. The van der Waals surface area contributed by atoms with Crippen LogP contribution < -0.4 is 0 Å². The largest absolute Gasteiger partial charge is 0.385 e. The maximum absolute atomic E-state index is 11.0. The van der Waals surface area contributed by atoms with Gasteiger partial charge in [-0.1, -0.05) is 44.5 Å². The van der Waals surface area contributed by atoms with Gasteiger partial charge in [-0.3, -0.25) is 0 Å². The lowest BCUT2D eigenvalue weighted by Crippen LogP contribution is -2.38. The average Bonchev–Trinajstić information content (AvgIpc) is 2.33. The van der Waals surface area contributed by atoms with Crippen molar-refractivity contribution in [2.45, 2.75) is 63.9 Å². The summed E-state index contributed by atoms with van der Waals surface area (Å²) in [4.78, 5) is 0. The van der Waals surface area contributed by atoms with Crippen LogP contribution in [0.25, 0.3) is 0 Å². The van der Waals surface area contributed by atoms with Crippen molar-refractivity contribution in [2.75, 3.05) is 0 Å². The van der Waals surface area contributed by atoms with Gasteiger partial charge in [0.15, 0.2) is 0 Å². The Hall–Kier alpha value is -0.820. The minimum Gasteiger partial charge on any atom is -0.385 e. The van der Waals surface area contributed by atoms with Gasteiger partial charge in [-0.25, -0.2) is 0 Å². The molecule has 0 spiro atoms. The molecular weight excluding hydrogens is 232 g/mol. The molecule has 3 unspecified atom stereocenters. The number of hydrogen-bond acceptors (Lipinski definition) is 1. The number of benzene rings is 1. The van der Waals surface area contributed by atoms with E-state index in [0.29, 0.717) is 5.92 Å². The Kier molecular flexibility index (Phi) is 3.42. The standard InChI is InChI=1S/C18H26O/c1-13-10-11-18(19,14(2)12-13)17-8-6-16(7-9-17)15-4-3-5-15/h6-9,13-15,19H,3-5,10-12H2,1-2H3. The van der Waals surface area contributed by atoms with Crippen molar-refractivity contribution in [2.24, 2.45) is 11.8 Å². The third-order valence-electron chi connectivity index (χ3n) is 5.58. The molecule has 104 valence electrons. The Morgan fingerprint density at radius 1 is 1.05 bits per heavy atom. The van der Waals surface area contributed by atoms with E-state index in [1.807, 2.05) is 0 Å². The van der Waals surface area contributed by atoms with E-state index in [4.69, 9.17) is 0 Å². The van der Waals surface area contributed by atoms with Crippen molar-refractivity contribution in [3.05, 3.63) is 35.4 Å². The third kappa shape index (κ3) is 2.33. The van der Waals surface area contributed by atoms with E-state index >= 15 is 0 Å². The quantitative estimate of drug-likeness (QED) is 0.822. The van der Waals surface area contributed by atoms with Crippen LogP contribution in [0.2, 0.25) is 0 Å². The van der Waals surface area contributed by atoms with Crippen LogP contribution in [0, 0.1) is 11.8 Å². The van der Waals surface area contributed by atoms with Crippen molar-refractivity contribution in [3.63, 3.8) is 0 Å². The zero-order chi connectivity index (χ0) is 13.5. The fourth-order valence-corrected chi connectivity index (χ4v) is 3.84. The molecular formula is C18H26O. The molecule has 2 saturated carbocycles. The monoisotopic (exact) mass is 258 g/mol. The summed E-state index contributed by atoms with van der Waals surface area (Å²) >= 11 is 0. The molecule has 2 aliphatic carbocycles. The SMILES string of the molecule is CC1CCC(O)(c2ccc(C3CCC3)cc2)C(C)C1. The lowest BCUT2D eigenvalue weighted by Gasteiger charge is -2.41. The van der Waals surface area contributed by atoms with E-state index in [1.165, 1.54) is 24.8 Å². The molecule has 3 atom stereocenters. The Balaban J connectivity index is 1.80. The topological polar surface area (TPSA) is 20.2 Å². The van der Waals surface area contributed by atoms with Crippen LogP contribution in [0.1, 0.15) is 69.4 Å². The summed E-state index contributed by atoms with van der Waals surface area (Å²) in [6.07, 6.45) is 7.27. The van der Waals surface area contributed by atoms with Crippen molar-refractivity contribution in [3.8, 4) is 0 Å². The highest BCUT2D eigenvalue weighted by atomic mass is 16.3. The molecule has 0 radical (unpaired) electrons. The van der Waals surface area contributed by atoms with Crippen LogP contribution >= 0.6 is 0 Å². The molecule has 0 heterocycles. The fourth-order valence-electron chi connectivity index (χ4n) is 3.84. The molecule has 3 rings (SSSR count). The zero-order valence-electron chi connectivity index (χ0n) is 12.2. The van der Waals surface area contributed by atoms with Gasteiger partial charge >= 0.3 is 0 Å². The van der Waals surface area contributed by atoms with Crippen molar-refractivity contribution >= 4 is 0 Å². The highest BCUT2D eigenvalue weighted by Crippen LogP contribution is 2.44. The molecule has 0 bridgehead atoms. The van der Waals surface area contributed by atoms with Gasteiger partial charge in [0, 0.05) is 0 Å². The second kappa shape index (κ2) is 4.94. The Labute approximate surface area is 117 Å². The maximum Gasteiger partial charge on any atom is 0.0922 e. The van der Waals surface area contributed by atoms with E-state index < -0.39 is 5.60 Å². The highest BCUT2D eigenvalue weighted by molar-refractivity contribution is 5.31. The smallest absolute Gasteiger partial charge is 0.0922 e. The van der Waals surface area contributed by atoms with E-state index in [1.54, 1.807) is 0 Å². The van der Waals surface area contributed by atoms with Crippen LogP contribution in [0.4, 0.5) is 0 Å². The summed E-state index contributed by atoms with van der Waals surface area (Å²) in [7, 11) is 0. The van der Waals surface area contributed by atoms with E-state index in [0.717, 1.165) is 36.7 Å². The molecule has 2 fully saturated rings. The van der Waals surface area contributed by atoms with Crippen molar-refractivity contribution < 1.29 is 5.11 Å². The van der Waals surface area contributed by atoms with E-state index in [-0.39, 0.29) is 0 Å². The van der Waals surface area contributed by atoms with Crippen LogP contribution in [-0.2, 0) is 5.60 Å². The molecule has 1 heteroatoms. The zero-order valence-corrected chi connectivity index (χ0v) is 12.2. The summed E-state index contributed by atoms with van der Waals surface area (Å²) < 4.78 is 0. The summed E-state index contributed by atoms with van der Waals surface area (Å²) in [6.45, 7) is 4.51. The molecule has 1 aromatic rings. The summed E-state index contributed by atoms with van der Waals surface area (Å²) in [6, 6.07) is 8.87. The van der Waals surface area contributed by atoms with Gasteiger partial charge in [0.05, 0.1) is 5.60 Å². The van der Waals surface area contributed by atoms with Gasteiger partial charge in [0.25, 0.3) is 0 Å². The van der Waals surface area contributed by atoms with Gasteiger partial charge in [-0.2, -0.15) is 0 Å². The Morgan fingerprint density at radius 3 is 2.26 bits per heavy atom. The first-order valence-corrected chi connectivity index (χ1v) is 7.92. The van der Waals surface area contributed by atoms with E-state index in [9.17, 15) is 5.11 Å². The van der Waals surface area contributed by atoms with Crippen LogP contribution in [0.3, 0.4) is 0 Å². The first kappa shape index (κ1) is 13.2. The summed E-state index contributed by atoms with van der Waals surface area (Å²) in [5.41, 5.74) is 2.01. The normalized spacial score (nSPS) is 35.9. The lowest BCUT2D eigenvalue weighted by atomic mass is 9.69. The van der Waals surface area contributed by atoms with Gasteiger partial charge < -0.3 is 5.11 Å². The fraction of sp³-hybridized carbons (Fsp3) is 0.667. The molecule has 0 amide bonds. The second-order valence-electron chi connectivity index (χ2n) is 6.95. The van der Waals surface area contributed by atoms with Gasteiger partial charge in [0.2, 0.25) is 0 Å². The summed E-state index contributed by atoms with van der Waals surface area (Å²) in [5, 5.41) is 11.0. The molecule has 19 heavy (non-hydrogen) atoms. The molecule has 1 nitrogen and oxygen atoms in total. The maximum atomic E-state index is 11.0. The highest BCUT2D eigenvalue weighted by Gasteiger charge is 2.39. The first-order valence-electron chi connectivity index (χ1n) is 7.92. The third-order valence-corrected chi connectivity index (χ3v) is 5.58. The van der Waals surface area contributed by atoms with Gasteiger partial charge in [-0.05, 0) is 61.0 Å². The predicted octanol–water partition coefficient (Wildman–Crippen LogP) is 4.60. The average molecular weight is 258 g/mol. The van der Waals surface area contributed by atoms with E-state index in [2.05, 4.69) is 38.1 Å². The summed E-state index contributed by atoms with van der Waals surface area (Å²) in [5.74, 6) is 1.91. The molecule has 0 aromatic heterocycles.